The summed E-state index contributed by atoms with van der Waals surface area (Å²) >= 11 is 7.77. The van der Waals surface area contributed by atoms with Crippen molar-refractivity contribution < 1.29 is 14.0 Å². The molecular weight excluding hydrogens is 403 g/mol. The van der Waals surface area contributed by atoms with E-state index in [2.05, 4.69) is 19.3 Å². The van der Waals surface area contributed by atoms with Crippen LogP contribution in [0.15, 0.2) is 18.2 Å². The van der Waals surface area contributed by atoms with Gasteiger partial charge in [0.2, 0.25) is 5.91 Å². The van der Waals surface area contributed by atoms with Crippen LogP contribution in [0.1, 0.15) is 32.3 Å². The second kappa shape index (κ2) is 7.72. The topological polar surface area (TPSA) is 55.9 Å². The maximum absolute atomic E-state index is 14.2. The molecule has 0 aromatic heterocycles. The van der Waals surface area contributed by atoms with E-state index in [-0.39, 0.29) is 40.4 Å². The van der Waals surface area contributed by atoms with Gasteiger partial charge in [0, 0.05) is 17.1 Å². The van der Waals surface area contributed by atoms with Gasteiger partial charge in [0.05, 0.1) is 12.6 Å². The van der Waals surface area contributed by atoms with Crippen molar-refractivity contribution in [3.8, 4) is 0 Å². The Kier molecular flexibility index (Phi) is 5.46. The summed E-state index contributed by atoms with van der Waals surface area (Å²) in [6.07, 6.45) is 1.12. The maximum Gasteiger partial charge on any atom is 0.337 e. The minimum absolute atomic E-state index is 0.00802. The first-order chi connectivity index (χ1) is 13.4. The molecule has 3 aliphatic heterocycles. The van der Waals surface area contributed by atoms with Crippen molar-refractivity contribution in [3.05, 3.63) is 34.6 Å². The summed E-state index contributed by atoms with van der Waals surface area (Å²) < 4.78 is 14.2. The van der Waals surface area contributed by atoms with Crippen molar-refractivity contribution in [2.45, 2.75) is 50.8 Å². The third kappa shape index (κ3) is 3.35. The van der Waals surface area contributed by atoms with Crippen molar-refractivity contribution in [1.82, 2.24) is 20.2 Å². The average molecular weight is 427 g/mol. The number of carbonyl (C=O) groups is 2. The molecule has 0 saturated carbocycles. The van der Waals surface area contributed by atoms with E-state index in [1.165, 1.54) is 17.1 Å². The van der Waals surface area contributed by atoms with Crippen molar-refractivity contribution in [2.24, 2.45) is 5.92 Å². The molecule has 28 heavy (non-hydrogen) atoms. The first-order valence-electron chi connectivity index (χ1n) is 9.59. The monoisotopic (exact) mass is 426 g/mol. The standard InChI is InChI=1S/C19H24ClFN4O2S/c1-11(2)6-8-23-17(26)16-15(7-9-28-16)25-18(23)22-24(19(25)27)10-12-13(20)4-3-5-14(12)21/h3-5,11,15-16,18,22H,6-10H2,1-2H3. The normalized spacial score (nSPS) is 27.0. The third-order valence-corrected chi connectivity index (χ3v) is 7.25. The van der Waals surface area contributed by atoms with Gasteiger partial charge in [-0.1, -0.05) is 31.5 Å². The van der Waals surface area contributed by atoms with E-state index in [0.717, 1.165) is 18.6 Å². The van der Waals surface area contributed by atoms with Crippen molar-refractivity contribution in [2.75, 3.05) is 12.3 Å². The zero-order valence-corrected chi connectivity index (χ0v) is 17.5. The van der Waals surface area contributed by atoms with Crippen LogP contribution in [0, 0.1) is 11.7 Å². The summed E-state index contributed by atoms with van der Waals surface area (Å²) in [5.41, 5.74) is 3.41. The highest BCUT2D eigenvalue weighted by atomic mass is 35.5. The first kappa shape index (κ1) is 19.8. The van der Waals surface area contributed by atoms with E-state index in [1.807, 2.05) is 0 Å². The fraction of sp³-hybridized carbons (Fsp3) is 0.579. The third-order valence-electron chi connectivity index (χ3n) is 5.55. The number of hydrazine groups is 1. The summed E-state index contributed by atoms with van der Waals surface area (Å²) in [6, 6.07) is 4.12. The number of halogens is 2. The summed E-state index contributed by atoms with van der Waals surface area (Å²) in [5.74, 6) is 0.935. The van der Waals surface area contributed by atoms with Gasteiger partial charge in [-0.15, -0.1) is 11.8 Å². The lowest BCUT2D eigenvalue weighted by molar-refractivity contribution is -0.144. The molecule has 9 heteroatoms. The zero-order valence-electron chi connectivity index (χ0n) is 15.9. The van der Waals surface area contributed by atoms with Crippen LogP contribution in [0.2, 0.25) is 5.02 Å². The Labute approximate surface area is 173 Å². The molecule has 152 valence electrons. The lowest BCUT2D eigenvalue weighted by atomic mass is 10.0. The average Bonchev–Trinajstić information content (AvgIpc) is 3.23. The Bertz CT molecular complexity index is 775. The molecular formula is C19H24ClFN4O2S. The minimum atomic E-state index is -0.524. The van der Waals surface area contributed by atoms with Gasteiger partial charge in [0.25, 0.3) is 0 Å². The van der Waals surface area contributed by atoms with Crippen LogP contribution in [0.5, 0.6) is 0 Å². The molecule has 1 N–H and O–H groups in total. The highest BCUT2D eigenvalue weighted by Gasteiger charge is 2.55. The molecule has 3 amide bonds. The molecule has 3 aliphatic rings. The number of benzene rings is 1. The lowest BCUT2D eigenvalue weighted by Crippen LogP contribution is -2.66. The molecule has 6 nitrogen and oxygen atoms in total. The number of hydrogen-bond acceptors (Lipinski definition) is 4. The molecule has 0 aliphatic carbocycles. The second-order valence-corrected chi connectivity index (χ2v) is 9.50. The Hall–Kier alpha value is -1.51. The first-order valence-corrected chi connectivity index (χ1v) is 11.0. The van der Waals surface area contributed by atoms with E-state index < -0.39 is 12.1 Å². The van der Waals surface area contributed by atoms with E-state index in [1.54, 1.807) is 27.6 Å². The number of rotatable bonds is 5. The number of amides is 3. The molecule has 0 bridgehead atoms. The predicted molar refractivity (Wildman–Crippen MR) is 107 cm³/mol. The number of fused-ring (bicyclic) bond motifs is 3. The summed E-state index contributed by atoms with van der Waals surface area (Å²) in [6.45, 7) is 4.81. The number of nitrogens with one attached hydrogen (secondary N) is 1. The molecule has 0 spiro atoms. The number of thioether (sulfide) groups is 1. The largest absolute Gasteiger partial charge is 0.337 e. The van der Waals surface area contributed by atoms with Gasteiger partial charge in [0.1, 0.15) is 11.1 Å². The predicted octanol–water partition coefficient (Wildman–Crippen LogP) is 3.27. The van der Waals surface area contributed by atoms with Gasteiger partial charge in [-0.3, -0.25) is 14.7 Å². The van der Waals surface area contributed by atoms with E-state index in [4.69, 9.17) is 11.6 Å². The highest BCUT2D eigenvalue weighted by molar-refractivity contribution is 8.00. The van der Waals surface area contributed by atoms with E-state index in [9.17, 15) is 14.0 Å². The molecule has 4 rings (SSSR count). The fourth-order valence-corrected chi connectivity index (χ4v) is 5.63. The number of hydrogen-bond donors (Lipinski definition) is 1. The smallest absolute Gasteiger partial charge is 0.307 e. The Morgan fingerprint density at radius 3 is 2.86 bits per heavy atom. The fourth-order valence-electron chi connectivity index (χ4n) is 4.01. The van der Waals surface area contributed by atoms with Crippen LogP contribution in [0.3, 0.4) is 0 Å². The van der Waals surface area contributed by atoms with E-state index >= 15 is 0 Å². The summed E-state index contributed by atoms with van der Waals surface area (Å²) in [7, 11) is 0. The van der Waals surface area contributed by atoms with Crippen molar-refractivity contribution in [3.63, 3.8) is 0 Å². The minimum Gasteiger partial charge on any atom is -0.307 e. The van der Waals surface area contributed by atoms with Crippen LogP contribution in [-0.2, 0) is 11.3 Å². The Morgan fingerprint density at radius 2 is 2.14 bits per heavy atom. The number of urea groups is 1. The molecule has 3 unspecified atom stereocenters. The van der Waals surface area contributed by atoms with Crippen LogP contribution in [-0.4, -0.2) is 56.6 Å². The molecule has 0 radical (unpaired) electrons. The molecule has 1 aromatic rings. The second-order valence-electron chi connectivity index (χ2n) is 7.84. The molecule has 3 saturated heterocycles. The van der Waals surface area contributed by atoms with Crippen molar-refractivity contribution in [1.29, 1.82) is 0 Å². The van der Waals surface area contributed by atoms with Gasteiger partial charge in [-0.25, -0.2) is 9.18 Å². The molecule has 3 heterocycles. The molecule has 3 atom stereocenters. The highest BCUT2D eigenvalue weighted by Crippen LogP contribution is 2.40. The molecule has 1 aromatic carbocycles. The summed E-state index contributed by atoms with van der Waals surface area (Å²) in [4.78, 5) is 29.8. The van der Waals surface area contributed by atoms with Gasteiger partial charge in [-0.05, 0) is 36.6 Å². The van der Waals surface area contributed by atoms with Crippen LogP contribution in [0.4, 0.5) is 9.18 Å². The van der Waals surface area contributed by atoms with Gasteiger partial charge in [0.15, 0.2) is 6.29 Å². The Balaban J connectivity index is 1.61. The van der Waals surface area contributed by atoms with Gasteiger partial charge < -0.3 is 4.90 Å². The van der Waals surface area contributed by atoms with Crippen LogP contribution in [0.25, 0.3) is 0 Å². The Morgan fingerprint density at radius 1 is 1.36 bits per heavy atom. The zero-order chi connectivity index (χ0) is 20.0. The van der Waals surface area contributed by atoms with Gasteiger partial charge >= 0.3 is 6.03 Å². The van der Waals surface area contributed by atoms with E-state index in [0.29, 0.717) is 12.5 Å². The van der Waals surface area contributed by atoms with Gasteiger partial charge in [-0.2, -0.15) is 5.43 Å². The van der Waals surface area contributed by atoms with Crippen molar-refractivity contribution >= 4 is 35.3 Å². The molecule has 3 fully saturated rings. The van der Waals surface area contributed by atoms with Crippen LogP contribution >= 0.6 is 23.4 Å². The SMILES string of the molecule is CC(C)CCN1C(=O)C2SCCC2N2C(=O)N(Cc3c(F)cccc3Cl)NC12. The number of nitrogens with zero attached hydrogens (tertiary/aromatic N) is 3. The quantitative estimate of drug-likeness (QED) is 0.785. The summed E-state index contributed by atoms with van der Waals surface area (Å²) in [5, 5.41) is 1.45. The lowest BCUT2D eigenvalue weighted by Gasteiger charge is -2.44. The number of carbonyl (C=O) groups excluding carboxylic acids is 2. The van der Waals surface area contributed by atoms with Crippen LogP contribution < -0.4 is 5.43 Å². The maximum atomic E-state index is 14.2.